The van der Waals surface area contributed by atoms with E-state index in [0.717, 1.165) is 11.8 Å². The highest BCUT2D eigenvalue weighted by molar-refractivity contribution is 6.08. The first kappa shape index (κ1) is 11.3. The summed E-state index contributed by atoms with van der Waals surface area (Å²) in [5.41, 5.74) is 2.24. The average molecular weight is 224 g/mol. The Labute approximate surface area is 99.9 Å². The Hall–Kier alpha value is -2.22. The number of carbonyl (C=O) groups excluding carboxylic acids is 2. The summed E-state index contributed by atoms with van der Waals surface area (Å²) in [4.78, 5) is 22.4. The molecule has 0 heterocycles. The fourth-order valence-electron chi connectivity index (χ4n) is 1.64. The lowest BCUT2D eigenvalue weighted by Crippen LogP contribution is -2.01. The zero-order valence-corrected chi connectivity index (χ0v) is 9.30. The van der Waals surface area contributed by atoms with Gasteiger partial charge < -0.3 is 4.79 Å². The number of ketones is 1. The van der Waals surface area contributed by atoms with Crippen molar-refractivity contribution in [2.75, 3.05) is 0 Å². The number of rotatable bonds is 4. The lowest BCUT2D eigenvalue weighted by atomic mass is 10.0. The predicted molar refractivity (Wildman–Crippen MR) is 66.1 cm³/mol. The van der Waals surface area contributed by atoms with Crippen molar-refractivity contribution in [1.29, 1.82) is 0 Å². The van der Waals surface area contributed by atoms with E-state index < -0.39 is 0 Å². The molecule has 0 aromatic heterocycles. The lowest BCUT2D eigenvalue weighted by molar-refractivity contribution is -0.107. The molecule has 0 fully saturated rings. The highest BCUT2D eigenvalue weighted by atomic mass is 16.1. The minimum Gasteiger partial charge on any atom is -0.303 e. The van der Waals surface area contributed by atoms with Crippen LogP contribution in [-0.4, -0.2) is 12.1 Å². The van der Waals surface area contributed by atoms with E-state index in [1.807, 2.05) is 30.3 Å². The maximum absolute atomic E-state index is 12.0. The van der Waals surface area contributed by atoms with E-state index in [0.29, 0.717) is 17.5 Å². The molecule has 0 amide bonds. The van der Waals surface area contributed by atoms with Gasteiger partial charge in [-0.25, -0.2) is 0 Å². The molecule has 2 nitrogen and oxygen atoms in total. The molecule has 0 aliphatic rings. The molecule has 0 saturated carbocycles. The predicted octanol–water partition coefficient (Wildman–Crippen LogP) is 2.66. The van der Waals surface area contributed by atoms with E-state index in [1.165, 1.54) is 0 Å². The molecule has 2 aromatic rings. The second-order valence-electron chi connectivity index (χ2n) is 3.76. The normalized spacial score (nSPS) is 9.88. The van der Waals surface area contributed by atoms with Crippen molar-refractivity contribution in [2.24, 2.45) is 0 Å². The summed E-state index contributed by atoms with van der Waals surface area (Å²) in [5, 5.41) is 0. The molecular weight excluding hydrogens is 212 g/mol. The molecule has 17 heavy (non-hydrogen) atoms. The third kappa shape index (κ3) is 2.67. The van der Waals surface area contributed by atoms with Crippen LogP contribution >= 0.6 is 0 Å². The van der Waals surface area contributed by atoms with Gasteiger partial charge in [-0.15, -0.1) is 0 Å². The van der Waals surface area contributed by atoms with Gasteiger partial charge in [0.2, 0.25) is 0 Å². The summed E-state index contributed by atoms with van der Waals surface area (Å²) in [6, 6.07) is 16.3. The number of benzene rings is 2. The Balaban J connectivity index is 2.23. The van der Waals surface area contributed by atoms with Crippen LogP contribution in [0, 0.1) is 0 Å². The molecule has 0 saturated heterocycles. The highest BCUT2D eigenvalue weighted by Gasteiger charge is 2.07. The summed E-state index contributed by atoms with van der Waals surface area (Å²) >= 11 is 0. The zero-order valence-electron chi connectivity index (χ0n) is 9.30. The van der Waals surface area contributed by atoms with Gasteiger partial charge in [0.15, 0.2) is 5.78 Å². The van der Waals surface area contributed by atoms with Crippen LogP contribution in [0.4, 0.5) is 0 Å². The van der Waals surface area contributed by atoms with E-state index in [4.69, 9.17) is 0 Å². The Bertz CT molecular complexity index is 512. The number of hydrogen-bond acceptors (Lipinski definition) is 2. The summed E-state index contributed by atoms with van der Waals surface area (Å²) in [6.07, 6.45) is 1.24. The molecule has 0 aliphatic carbocycles. The van der Waals surface area contributed by atoms with Gasteiger partial charge in [-0.3, -0.25) is 4.79 Å². The summed E-state index contributed by atoms with van der Waals surface area (Å²) in [6.45, 7) is 0. The Kier molecular flexibility index (Phi) is 3.46. The Morgan fingerprint density at radius 1 is 0.882 bits per heavy atom. The summed E-state index contributed by atoms with van der Waals surface area (Å²) in [5.74, 6) is 0.00301. The van der Waals surface area contributed by atoms with Crippen molar-refractivity contribution in [3.05, 3.63) is 71.3 Å². The minimum absolute atomic E-state index is 0.00301. The van der Waals surface area contributed by atoms with Crippen LogP contribution in [0.2, 0.25) is 0 Å². The van der Waals surface area contributed by atoms with Gasteiger partial charge in [-0.05, 0) is 5.56 Å². The topological polar surface area (TPSA) is 34.1 Å². The second kappa shape index (κ2) is 5.21. The van der Waals surface area contributed by atoms with E-state index in [2.05, 4.69) is 0 Å². The lowest BCUT2D eigenvalue weighted by Gasteiger charge is -2.02. The van der Waals surface area contributed by atoms with Crippen molar-refractivity contribution in [1.82, 2.24) is 0 Å². The quantitative estimate of drug-likeness (QED) is 0.591. The van der Waals surface area contributed by atoms with Gasteiger partial charge in [0.25, 0.3) is 0 Å². The average Bonchev–Trinajstić information content (AvgIpc) is 2.40. The van der Waals surface area contributed by atoms with E-state index in [1.54, 1.807) is 24.3 Å². The second-order valence-corrected chi connectivity index (χ2v) is 3.76. The number of carbonyl (C=O) groups is 2. The molecule has 2 rings (SSSR count). The summed E-state index contributed by atoms with van der Waals surface area (Å²) < 4.78 is 0. The SMILES string of the molecule is O=CCc1ccc(C(=O)c2ccccc2)cc1. The largest absolute Gasteiger partial charge is 0.303 e. The molecular formula is C15H12O2. The highest BCUT2D eigenvalue weighted by Crippen LogP contribution is 2.11. The van der Waals surface area contributed by atoms with Crippen LogP contribution < -0.4 is 0 Å². The fraction of sp³-hybridized carbons (Fsp3) is 0.0667. The number of hydrogen-bond donors (Lipinski definition) is 0. The molecule has 84 valence electrons. The monoisotopic (exact) mass is 224 g/mol. The molecule has 2 aromatic carbocycles. The van der Waals surface area contributed by atoms with Crippen LogP contribution in [0.25, 0.3) is 0 Å². The molecule has 0 unspecified atom stereocenters. The van der Waals surface area contributed by atoms with E-state index >= 15 is 0 Å². The van der Waals surface area contributed by atoms with Crippen molar-refractivity contribution in [2.45, 2.75) is 6.42 Å². The zero-order chi connectivity index (χ0) is 12.1. The van der Waals surface area contributed by atoms with Crippen LogP contribution in [-0.2, 0) is 11.2 Å². The molecule has 0 spiro atoms. The van der Waals surface area contributed by atoms with Gasteiger partial charge in [0.1, 0.15) is 6.29 Å². The standard InChI is InChI=1S/C15H12O2/c16-11-10-12-6-8-14(9-7-12)15(17)13-4-2-1-3-5-13/h1-9,11H,10H2. The maximum atomic E-state index is 12.0. The van der Waals surface area contributed by atoms with E-state index in [-0.39, 0.29) is 5.78 Å². The first-order valence-electron chi connectivity index (χ1n) is 5.43. The number of aldehydes is 1. The van der Waals surface area contributed by atoms with Gasteiger partial charge in [0, 0.05) is 17.5 Å². The molecule has 0 N–H and O–H groups in total. The van der Waals surface area contributed by atoms with Gasteiger partial charge in [-0.2, -0.15) is 0 Å². The molecule has 0 bridgehead atoms. The molecule has 0 radical (unpaired) electrons. The Morgan fingerprint density at radius 3 is 2.06 bits per heavy atom. The van der Waals surface area contributed by atoms with Crippen molar-refractivity contribution in [3.63, 3.8) is 0 Å². The van der Waals surface area contributed by atoms with Gasteiger partial charge in [-0.1, -0.05) is 54.6 Å². The smallest absolute Gasteiger partial charge is 0.193 e. The first-order chi connectivity index (χ1) is 8.31. The van der Waals surface area contributed by atoms with Crippen LogP contribution in [0.1, 0.15) is 21.5 Å². The fourth-order valence-corrected chi connectivity index (χ4v) is 1.64. The van der Waals surface area contributed by atoms with Crippen molar-refractivity contribution in [3.8, 4) is 0 Å². The van der Waals surface area contributed by atoms with Gasteiger partial charge >= 0.3 is 0 Å². The molecule has 0 atom stereocenters. The summed E-state index contributed by atoms with van der Waals surface area (Å²) in [7, 11) is 0. The van der Waals surface area contributed by atoms with Crippen molar-refractivity contribution >= 4 is 12.1 Å². The van der Waals surface area contributed by atoms with Crippen LogP contribution in [0.5, 0.6) is 0 Å². The third-order valence-electron chi connectivity index (χ3n) is 2.57. The maximum Gasteiger partial charge on any atom is 0.193 e. The molecule has 0 aliphatic heterocycles. The third-order valence-corrected chi connectivity index (χ3v) is 2.57. The minimum atomic E-state index is 0.00301. The Morgan fingerprint density at radius 2 is 1.47 bits per heavy atom. The molecule has 2 heteroatoms. The van der Waals surface area contributed by atoms with Crippen LogP contribution in [0.15, 0.2) is 54.6 Å². The van der Waals surface area contributed by atoms with Crippen molar-refractivity contribution < 1.29 is 9.59 Å². The van der Waals surface area contributed by atoms with Gasteiger partial charge in [0.05, 0.1) is 0 Å². The van der Waals surface area contributed by atoms with Crippen LogP contribution in [0.3, 0.4) is 0 Å². The van der Waals surface area contributed by atoms with E-state index in [9.17, 15) is 9.59 Å². The first-order valence-corrected chi connectivity index (χ1v) is 5.43.